The van der Waals surface area contributed by atoms with E-state index in [1.807, 2.05) is 19.4 Å². The summed E-state index contributed by atoms with van der Waals surface area (Å²) < 4.78 is 2.29. The van der Waals surface area contributed by atoms with Crippen LogP contribution in [0.2, 0.25) is 0 Å². The number of allylic oxidation sites excluding steroid dienone is 2. The lowest BCUT2D eigenvalue weighted by atomic mass is 10.0. The number of fused-ring (bicyclic) bond motifs is 1. The van der Waals surface area contributed by atoms with Crippen LogP contribution in [0.3, 0.4) is 0 Å². The van der Waals surface area contributed by atoms with Gasteiger partial charge in [-0.1, -0.05) is 25.8 Å². The average Bonchev–Trinajstić information content (AvgIpc) is 3.14. The molecule has 2 heterocycles. The van der Waals surface area contributed by atoms with Gasteiger partial charge in [-0.2, -0.15) is 0 Å². The molecule has 2 aromatic heterocycles. The maximum absolute atomic E-state index is 4.44. The zero-order valence-corrected chi connectivity index (χ0v) is 12.3. The number of aromatic amines is 1. The molecule has 1 aliphatic carbocycles. The van der Waals surface area contributed by atoms with Crippen LogP contribution in [0.4, 0.5) is 0 Å². The van der Waals surface area contributed by atoms with Gasteiger partial charge in [0.05, 0.1) is 11.7 Å². The van der Waals surface area contributed by atoms with Crippen LogP contribution in [0.1, 0.15) is 39.0 Å². The van der Waals surface area contributed by atoms with Crippen molar-refractivity contribution < 1.29 is 0 Å². The van der Waals surface area contributed by atoms with E-state index in [-0.39, 0.29) is 0 Å². The van der Waals surface area contributed by atoms with Crippen LogP contribution < -0.4 is 5.49 Å². The fourth-order valence-corrected chi connectivity index (χ4v) is 3.24. The van der Waals surface area contributed by atoms with Gasteiger partial charge in [0.15, 0.2) is 11.1 Å². The third-order valence-electron chi connectivity index (χ3n) is 4.16. The largest absolute Gasteiger partial charge is 0.345 e. The molecule has 0 aromatic carbocycles. The van der Waals surface area contributed by atoms with E-state index < -0.39 is 0 Å². The third-order valence-corrected chi connectivity index (χ3v) is 4.16. The van der Waals surface area contributed by atoms with Gasteiger partial charge < -0.3 is 4.98 Å². The Hall–Kier alpha value is -1.84. The molecule has 0 aliphatic heterocycles. The second kappa shape index (κ2) is 5.65. The maximum atomic E-state index is 4.44. The van der Waals surface area contributed by atoms with Gasteiger partial charge in [0, 0.05) is 18.9 Å². The first kappa shape index (κ1) is 13.2. The molecule has 1 N–H and O–H groups in total. The minimum absolute atomic E-state index is 0.654. The quantitative estimate of drug-likeness (QED) is 0.913. The summed E-state index contributed by atoms with van der Waals surface area (Å²) in [6, 6.07) is 2.09. The Balaban J connectivity index is 2.24. The summed E-state index contributed by atoms with van der Waals surface area (Å²) in [5.41, 5.74) is 4.39. The summed E-state index contributed by atoms with van der Waals surface area (Å²) >= 11 is 0. The monoisotopic (exact) mass is 270 g/mol. The van der Waals surface area contributed by atoms with Gasteiger partial charge >= 0.3 is 0 Å². The molecular weight excluding hydrogens is 248 g/mol. The molecule has 4 heteroatoms. The summed E-state index contributed by atoms with van der Waals surface area (Å²) in [7, 11) is 1.84. The Morgan fingerprint density at radius 2 is 2.30 bits per heavy atom. The first-order valence-corrected chi connectivity index (χ1v) is 7.53. The molecule has 3 rings (SSSR count). The number of nitrogens with one attached hydrogen (secondary N) is 1. The maximum Gasteiger partial charge on any atom is 0.154 e. The van der Waals surface area contributed by atoms with Crippen LogP contribution in [-0.2, 0) is 0 Å². The molecule has 1 saturated carbocycles. The molecular formula is C16H22N4. The van der Waals surface area contributed by atoms with Crippen molar-refractivity contribution in [2.75, 3.05) is 7.05 Å². The smallest absolute Gasteiger partial charge is 0.154 e. The summed E-state index contributed by atoms with van der Waals surface area (Å²) in [5, 5.41) is 0. The Kier molecular flexibility index (Phi) is 3.72. The molecule has 0 saturated heterocycles. The fourth-order valence-electron chi connectivity index (χ4n) is 3.24. The van der Waals surface area contributed by atoms with Crippen LogP contribution in [-0.4, -0.2) is 21.6 Å². The standard InChI is InChI=1S/C16H22N4/c1-3-6-13(12-7-4-5-8-12)20-14-9-10-18-16(14)19-11-15(20)17-2/h6,9-12,18H,3-5,7-8H2,1-2H3/b13-6+,17-15?. The van der Waals surface area contributed by atoms with Crippen molar-refractivity contribution in [1.82, 2.24) is 14.5 Å². The second-order valence-corrected chi connectivity index (χ2v) is 5.41. The zero-order valence-electron chi connectivity index (χ0n) is 12.3. The van der Waals surface area contributed by atoms with Gasteiger partial charge in [0.25, 0.3) is 0 Å². The molecule has 0 radical (unpaired) electrons. The van der Waals surface area contributed by atoms with Crippen LogP contribution in [0, 0.1) is 5.92 Å². The molecule has 0 atom stereocenters. The van der Waals surface area contributed by atoms with Gasteiger partial charge in [-0.3, -0.25) is 9.56 Å². The molecule has 106 valence electrons. The highest BCUT2D eigenvalue weighted by molar-refractivity contribution is 5.75. The molecule has 0 bridgehead atoms. The number of rotatable bonds is 3. The first-order chi connectivity index (χ1) is 9.85. The van der Waals surface area contributed by atoms with E-state index in [1.54, 1.807) is 0 Å². The lowest BCUT2D eigenvalue weighted by molar-refractivity contribution is 0.664. The van der Waals surface area contributed by atoms with Crippen molar-refractivity contribution in [1.29, 1.82) is 0 Å². The Bertz CT molecular complexity index is 684. The van der Waals surface area contributed by atoms with E-state index in [9.17, 15) is 0 Å². The SMILES string of the molecule is CC/C=C(\C1CCCC1)n1c(=NC)cnc2[nH]ccc21. The topological polar surface area (TPSA) is 46.0 Å². The minimum atomic E-state index is 0.654. The van der Waals surface area contributed by atoms with E-state index in [0.29, 0.717) is 5.92 Å². The van der Waals surface area contributed by atoms with Crippen molar-refractivity contribution in [3.63, 3.8) is 0 Å². The predicted molar refractivity (Wildman–Crippen MR) is 82.1 cm³/mol. The number of aromatic nitrogens is 3. The minimum Gasteiger partial charge on any atom is -0.345 e. The molecule has 20 heavy (non-hydrogen) atoms. The molecule has 2 aromatic rings. The summed E-state index contributed by atoms with van der Waals surface area (Å²) in [6.07, 6.45) is 12.5. The van der Waals surface area contributed by atoms with Crippen molar-refractivity contribution in [2.45, 2.75) is 39.0 Å². The lowest BCUT2D eigenvalue weighted by Gasteiger charge is -2.19. The fraction of sp³-hybridized carbons (Fsp3) is 0.500. The van der Waals surface area contributed by atoms with Crippen molar-refractivity contribution in [2.24, 2.45) is 10.9 Å². The summed E-state index contributed by atoms with van der Waals surface area (Å²) in [5.74, 6) is 0.654. The normalized spacial score (nSPS) is 18.3. The molecule has 0 amide bonds. The van der Waals surface area contributed by atoms with Crippen LogP contribution in [0.5, 0.6) is 0 Å². The third kappa shape index (κ3) is 2.19. The van der Waals surface area contributed by atoms with Gasteiger partial charge in [0.1, 0.15) is 0 Å². The number of nitrogens with zero attached hydrogens (tertiary/aromatic N) is 3. The van der Waals surface area contributed by atoms with E-state index in [0.717, 1.165) is 23.1 Å². The van der Waals surface area contributed by atoms with Gasteiger partial charge in [0.2, 0.25) is 0 Å². The average molecular weight is 270 g/mol. The molecule has 0 spiro atoms. The van der Waals surface area contributed by atoms with Gasteiger partial charge in [-0.05, 0) is 31.2 Å². The van der Waals surface area contributed by atoms with Crippen LogP contribution in [0.15, 0.2) is 29.5 Å². The first-order valence-electron chi connectivity index (χ1n) is 7.53. The molecule has 1 fully saturated rings. The van der Waals surface area contributed by atoms with E-state index in [1.165, 1.54) is 31.4 Å². The van der Waals surface area contributed by atoms with Gasteiger partial charge in [-0.25, -0.2) is 4.98 Å². The number of hydrogen-bond acceptors (Lipinski definition) is 2. The lowest BCUT2D eigenvalue weighted by Crippen LogP contribution is -2.24. The van der Waals surface area contributed by atoms with Gasteiger partial charge in [-0.15, -0.1) is 0 Å². The Morgan fingerprint density at radius 3 is 3.00 bits per heavy atom. The number of H-pyrrole nitrogens is 1. The van der Waals surface area contributed by atoms with Crippen molar-refractivity contribution in [3.8, 4) is 0 Å². The highest BCUT2D eigenvalue weighted by Gasteiger charge is 2.22. The van der Waals surface area contributed by atoms with E-state index >= 15 is 0 Å². The predicted octanol–water partition coefficient (Wildman–Crippen LogP) is 3.34. The second-order valence-electron chi connectivity index (χ2n) is 5.41. The molecule has 4 nitrogen and oxygen atoms in total. The highest BCUT2D eigenvalue weighted by atomic mass is 15.1. The van der Waals surface area contributed by atoms with E-state index in [2.05, 4.69) is 38.6 Å². The number of hydrogen-bond donors (Lipinski definition) is 1. The van der Waals surface area contributed by atoms with E-state index in [4.69, 9.17) is 0 Å². The Labute approximate surface area is 119 Å². The van der Waals surface area contributed by atoms with Crippen LogP contribution >= 0.6 is 0 Å². The highest BCUT2D eigenvalue weighted by Crippen LogP contribution is 2.34. The Morgan fingerprint density at radius 1 is 1.50 bits per heavy atom. The summed E-state index contributed by atoms with van der Waals surface area (Å²) in [6.45, 7) is 2.20. The molecule has 0 unspecified atom stereocenters. The zero-order chi connectivity index (χ0) is 13.9. The van der Waals surface area contributed by atoms with Crippen LogP contribution in [0.25, 0.3) is 16.9 Å². The molecule has 1 aliphatic rings. The summed E-state index contributed by atoms with van der Waals surface area (Å²) in [4.78, 5) is 12.1. The van der Waals surface area contributed by atoms with Crippen molar-refractivity contribution in [3.05, 3.63) is 30.0 Å². The van der Waals surface area contributed by atoms with Crippen molar-refractivity contribution >= 4 is 16.9 Å².